The average Bonchev–Trinajstić information content (AvgIpc) is 3.10. The second-order valence-electron chi connectivity index (χ2n) is 4.73. The number of thiophene rings is 1. The van der Waals surface area contributed by atoms with Crippen LogP contribution in [-0.2, 0) is 4.79 Å². The van der Waals surface area contributed by atoms with E-state index in [-0.39, 0.29) is 5.91 Å². The molecular weight excluding hydrogens is 256 g/mol. The summed E-state index contributed by atoms with van der Waals surface area (Å²) in [5.41, 5.74) is 1.96. The number of anilines is 1. The highest BCUT2D eigenvalue weighted by atomic mass is 32.1. The van der Waals surface area contributed by atoms with Crippen LogP contribution in [0.3, 0.4) is 0 Å². The van der Waals surface area contributed by atoms with Crippen LogP contribution in [0.1, 0.15) is 12.8 Å². The first kappa shape index (κ1) is 12.4. The molecule has 1 aromatic heterocycles. The fourth-order valence-electron chi connectivity index (χ4n) is 1.96. The molecular formula is C15H16N2OS. The summed E-state index contributed by atoms with van der Waals surface area (Å²) >= 11 is 1.68. The highest BCUT2D eigenvalue weighted by molar-refractivity contribution is 7.13. The quantitative estimate of drug-likeness (QED) is 0.878. The minimum atomic E-state index is 0.0240. The number of carbonyl (C=O) groups excluding carboxylic acids is 1. The van der Waals surface area contributed by atoms with Crippen LogP contribution in [0.5, 0.6) is 0 Å². The van der Waals surface area contributed by atoms with Crippen molar-refractivity contribution in [3.8, 4) is 10.4 Å². The molecule has 0 bridgehead atoms. The van der Waals surface area contributed by atoms with E-state index < -0.39 is 0 Å². The van der Waals surface area contributed by atoms with E-state index in [1.165, 1.54) is 17.7 Å². The van der Waals surface area contributed by atoms with Gasteiger partial charge in [-0.05, 0) is 30.4 Å². The van der Waals surface area contributed by atoms with Crippen molar-refractivity contribution < 1.29 is 4.79 Å². The predicted octanol–water partition coefficient (Wildman–Crippen LogP) is 3.11. The van der Waals surface area contributed by atoms with E-state index in [0.717, 1.165) is 11.3 Å². The maximum Gasteiger partial charge on any atom is 0.238 e. The van der Waals surface area contributed by atoms with E-state index in [9.17, 15) is 4.79 Å². The second-order valence-corrected chi connectivity index (χ2v) is 5.67. The van der Waals surface area contributed by atoms with Gasteiger partial charge in [0.1, 0.15) is 0 Å². The summed E-state index contributed by atoms with van der Waals surface area (Å²) in [5, 5.41) is 8.25. The normalized spacial score (nSPS) is 14.3. The molecule has 0 saturated heterocycles. The monoisotopic (exact) mass is 272 g/mol. The zero-order valence-electron chi connectivity index (χ0n) is 10.6. The van der Waals surface area contributed by atoms with Crippen LogP contribution in [0.4, 0.5) is 5.69 Å². The van der Waals surface area contributed by atoms with Gasteiger partial charge in [-0.3, -0.25) is 4.79 Å². The van der Waals surface area contributed by atoms with Gasteiger partial charge in [0, 0.05) is 22.2 Å². The van der Waals surface area contributed by atoms with Gasteiger partial charge in [-0.25, -0.2) is 0 Å². The zero-order valence-corrected chi connectivity index (χ0v) is 11.4. The van der Waals surface area contributed by atoms with E-state index in [1.807, 2.05) is 35.7 Å². The Hall–Kier alpha value is -1.65. The Morgan fingerprint density at radius 3 is 2.79 bits per heavy atom. The SMILES string of the molecule is O=C(CNC1CC1)Nc1ccccc1-c1cccs1. The van der Waals surface area contributed by atoms with Gasteiger partial charge in [-0.2, -0.15) is 0 Å². The van der Waals surface area contributed by atoms with Gasteiger partial charge in [-0.15, -0.1) is 11.3 Å². The number of hydrogen-bond donors (Lipinski definition) is 2. The molecule has 3 nitrogen and oxygen atoms in total. The van der Waals surface area contributed by atoms with Crippen molar-refractivity contribution >= 4 is 22.9 Å². The van der Waals surface area contributed by atoms with E-state index in [0.29, 0.717) is 12.6 Å². The molecule has 2 aromatic rings. The Bertz CT molecular complexity index is 561. The van der Waals surface area contributed by atoms with Crippen molar-refractivity contribution in [1.82, 2.24) is 5.32 Å². The van der Waals surface area contributed by atoms with Gasteiger partial charge in [0.2, 0.25) is 5.91 Å². The Labute approximate surface area is 116 Å². The average molecular weight is 272 g/mol. The highest BCUT2D eigenvalue weighted by Gasteiger charge is 2.21. The third kappa shape index (κ3) is 3.22. The van der Waals surface area contributed by atoms with E-state index in [1.54, 1.807) is 11.3 Å². The van der Waals surface area contributed by atoms with Crippen molar-refractivity contribution in [3.05, 3.63) is 41.8 Å². The number of para-hydroxylation sites is 1. The smallest absolute Gasteiger partial charge is 0.238 e. The molecule has 19 heavy (non-hydrogen) atoms. The lowest BCUT2D eigenvalue weighted by Gasteiger charge is -2.10. The minimum absolute atomic E-state index is 0.0240. The first-order chi connectivity index (χ1) is 9.33. The highest BCUT2D eigenvalue weighted by Crippen LogP contribution is 2.31. The van der Waals surface area contributed by atoms with Crippen LogP contribution < -0.4 is 10.6 Å². The molecule has 1 aromatic carbocycles. The van der Waals surface area contributed by atoms with Crippen molar-refractivity contribution in [2.24, 2.45) is 0 Å². The standard InChI is InChI=1S/C15H16N2OS/c18-15(10-16-11-7-8-11)17-13-5-2-1-4-12(13)14-6-3-9-19-14/h1-6,9,11,16H,7-8,10H2,(H,17,18). The van der Waals surface area contributed by atoms with E-state index in [2.05, 4.69) is 16.7 Å². The lowest BCUT2D eigenvalue weighted by molar-refractivity contribution is -0.115. The molecule has 3 rings (SSSR count). The molecule has 0 aliphatic heterocycles. The molecule has 98 valence electrons. The van der Waals surface area contributed by atoms with Gasteiger partial charge in [0.15, 0.2) is 0 Å². The number of amides is 1. The summed E-state index contributed by atoms with van der Waals surface area (Å²) in [7, 11) is 0. The van der Waals surface area contributed by atoms with Crippen molar-refractivity contribution in [1.29, 1.82) is 0 Å². The van der Waals surface area contributed by atoms with E-state index in [4.69, 9.17) is 0 Å². The first-order valence-electron chi connectivity index (χ1n) is 6.49. The molecule has 1 heterocycles. The van der Waals surface area contributed by atoms with Gasteiger partial charge in [0.05, 0.1) is 6.54 Å². The van der Waals surface area contributed by atoms with Gasteiger partial charge in [-0.1, -0.05) is 24.3 Å². The third-order valence-corrected chi connectivity index (χ3v) is 4.02. The number of nitrogens with one attached hydrogen (secondary N) is 2. The van der Waals surface area contributed by atoms with Crippen LogP contribution in [-0.4, -0.2) is 18.5 Å². The van der Waals surface area contributed by atoms with E-state index >= 15 is 0 Å². The Morgan fingerprint density at radius 2 is 2.05 bits per heavy atom. The van der Waals surface area contributed by atoms with Gasteiger partial charge >= 0.3 is 0 Å². The van der Waals surface area contributed by atoms with Crippen LogP contribution in [0.25, 0.3) is 10.4 Å². The van der Waals surface area contributed by atoms with Crippen LogP contribution >= 0.6 is 11.3 Å². The maximum absolute atomic E-state index is 11.9. The fraction of sp³-hybridized carbons (Fsp3) is 0.267. The van der Waals surface area contributed by atoms with Crippen LogP contribution in [0, 0.1) is 0 Å². The predicted molar refractivity (Wildman–Crippen MR) is 79.4 cm³/mol. The number of hydrogen-bond acceptors (Lipinski definition) is 3. The molecule has 4 heteroatoms. The minimum Gasteiger partial charge on any atom is -0.324 e. The van der Waals surface area contributed by atoms with Gasteiger partial charge < -0.3 is 10.6 Å². The molecule has 0 radical (unpaired) electrons. The molecule has 1 fully saturated rings. The van der Waals surface area contributed by atoms with Crippen molar-refractivity contribution in [2.75, 3.05) is 11.9 Å². The van der Waals surface area contributed by atoms with Crippen LogP contribution in [0.2, 0.25) is 0 Å². The summed E-state index contributed by atoms with van der Waals surface area (Å²) in [6.07, 6.45) is 2.39. The largest absolute Gasteiger partial charge is 0.324 e. The summed E-state index contributed by atoms with van der Waals surface area (Å²) in [5.74, 6) is 0.0240. The lowest BCUT2D eigenvalue weighted by Crippen LogP contribution is -2.29. The number of benzene rings is 1. The molecule has 1 aliphatic carbocycles. The molecule has 2 N–H and O–H groups in total. The molecule has 1 aliphatic rings. The summed E-state index contributed by atoms with van der Waals surface area (Å²) in [6, 6.07) is 12.6. The topological polar surface area (TPSA) is 41.1 Å². The van der Waals surface area contributed by atoms with Gasteiger partial charge in [0.25, 0.3) is 0 Å². The fourth-order valence-corrected chi connectivity index (χ4v) is 2.72. The van der Waals surface area contributed by atoms with Crippen molar-refractivity contribution in [3.63, 3.8) is 0 Å². The second kappa shape index (κ2) is 5.55. The maximum atomic E-state index is 11.9. The van der Waals surface area contributed by atoms with Crippen molar-refractivity contribution in [2.45, 2.75) is 18.9 Å². The Balaban J connectivity index is 1.71. The zero-order chi connectivity index (χ0) is 13.1. The molecule has 1 saturated carbocycles. The Morgan fingerprint density at radius 1 is 1.21 bits per heavy atom. The molecule has 0 spiro atoms. The Kier molecular flexibility index (Phi) is 3.62. The molecule has 0 atom stereocenters. The molecule has 1 amide bonds. The number of rotatable bonds is 5. The summed E-state index contributed by atoms with van der Waals surface area (Å²) in [4.78, 5) is 13.1. The summed E-state index contributed by atoms with van der Waals surface area (Å²) < 4.78 is 0. The summed E-state index contributed by atoms with van der Waals surface area (Å²) in [6.45, 7) is 0.392. The number of carbonyl (C=O) groups is 1. The van der Waals surface area contributed by atoms with Crippen LogP contribution in [0.15, 0.2) is 41.8 Å². The first-order valence-corrected chi connectivity index (χ1v) is 7.37. The lowest BCUT2D eigenvalue weighted by atomic mass is 10.1. The molecule has 0 unspecified atom stereocenters. The third-order valence-electron chi connectivity index (χ3n) is 3.12.